The van der Waals surface area contributed by atoms with Gasteiger partial charge >= 0.3 is 5.69 Å². The van der Waals surface area contributed by atoms with E-state index in [2.05, 4.69) is 9.82 Å². The van der Waals surface area contributed by atoms with Gasteiger partial charge < -0.3 is 0 Å². The molecule has 2 aromatic rings. The van der Waals surface area contributed by atoms with Crippen molar-refractivity contribution < 1.29 is 12.8 Å². The number of rotatable bonds is 4. The van der Waals surface area contributed by atoms with Crippen LogP contribution in [0.25, 0.3) is 5.69 Å². The molecule has 0 unspecified atom stereocenters. The summed E-state index contributed by atoms with van der Waals surface area (Å²) in [6, 6.07) is 3.77. The lowest BCUT2D eigenvalue weighted by Gasteiger charge is -2.10. The fourth-order valence-corrected chi connectivity index (χ4v) is 3.35. The fourth-order valence-electron chi connectivity index (χ4n) is 2.70. The number of benzene rings is 1. The van der Waals surface area contributed by atoms with Crippen LogP contribution in [0.1, 0.15) is 31.2 Å². The molecule has 0 radical (unpaired) electrons. The zero-order chi connectivity index (χ0) is 18.2. The van der Waals surface area contributed by atoms with E-state index in [1.165, 1.54) is 11.5 Å². The molecule has 1 aromatic heterocycles. The smallest absolute Gasteiger partial charge is 0.282 e. The van der Waals surface area contributed by atoms with Crippen molar-refractivity contribution in [2.24, 2.45) is 0 Å². The first-order valence-corrected chi connectivity index (χ1v) is 9.44. The second-order valence-electron chi connectivity index (χ2n) is 5.69. The first-order valence-electron chi connectivity index (χ1n) is 7.79. The average Bonchev–Trinajstić information content (AvgIpc) is 2.93. The van der Waals surface area contributed by atoms with Crippen molar-refractivity contribution in [3.8, 4) is 11.8 Å². The van der Waals surface area contributed by atoms with Crippen LogP contribution < -0.4 is 10.4 Å². The Morgan fingerprint density at radius 2 is 2.16 bits per heavy atom. The maximum atomic E-state index is 14.4. The summed E-state index contributed by atoms with van der Waals surface area (Å²) in [6.45, 7) is 1.95. The number of anilines is 1. The highest BCUT2D eigenvalue weighted by atomic mass is 32.2. The van der Waals surface area contributed by atoms with Crippen molar-refractivity contribution in [1.29, 1.82) is 5.26 Å². The SMILES string of the molecule is CCS(=O)(=O)Nc1cc(-n2nc3n(c2=O)CCCC3)c(F)cc1C#N. The van der Waals surface area contributed by atoms with Crippen LogP contribution in [0.5, 0.6) is 0 Å². The van der Waals surface area contributed by atoms with Crippen LogP contribution in [0.15, 0.2) is 16.9 Å². The number of nitriles is 1. The highest BCUT2D eigenvalue weighted by Gasteiger charge is 2.21. The minimum Gasteiger partial charge on any atom is -0.282 e. The molecule has 2 heterocycles. The van der Waals surface area contributed by atoms with Crippen molar-refractivity contribution >= 4 is 15.7 Å². The van der Waals surface area contributed by atoms with Crippen LogP contribution in [-0.4, -0.2) is 28.5 Å². The molecule has 0 bridgehead atoms. The first kappa shape index (κ1) is 17.2. The maximum Gasteiger partial charge on any atom is 0.350 e. The summed E-state index contributed by atoms with van der Waals surface area (Å²) in [7, 11) is -3.67. The van der Waals surface area contributed by atoms with Crippen molar-refractivity contribution in [1.82, 2.24) is 14.3 Å². The van der Waals surface area contributed by atoms with E-state index in [-0.39, 0.29) is 22.7 Å². The average molecular weight is 365 g/mol. The third kappa shape index (κ3) is 3.15. The van der Waals surface area contributed by atoms with Gasteiger partial charge in [0, 0.05) is 13.0 Å². The minimum atomic E-state index is -3.67. The van der Waals surface area contributed by atoms with Gasteiger partial charge in [0.1, 0.15) is 17.6 Å². The number of sulfonamides is 1. The quantitative estimate of drug-likeness (QED) is 0.874. The molecule has 1 aliphatic rings. The van der Waals surface area contributed by atoms with Crippen molar-refractivity contribution in [2.45, 2.75) is 32.7 Å². The Morgan fingerprint density at radius 3 is 2.80 bits per heavy atom. The van der Waals surface area contributed by atoms with Crippen molar-refractivity contribution in [3.63, 3.8) is 0 Å². The molecule has 0 saturated carbocycles. The van der Waals surface area contributed by atoms with Crippen LogP contribution in [0.2, 0.25) is 0 Å². The largest absolute Gasteiger partial charge is 0.350 e. The van der Waals surface area contributed by atoms with E-state index in [1.807, 2.05) is 0 Å². The van der Waals surface area contributed by atoms with Gasteiger partial charge in [0.25, 0.3) is 0 Å². The molecule has 0 fully saturated rings. The molecule has 132 valence electrons. The molecule has 1 aromatic carbocycles. The fraction of sp³-hybridized carbons (Fsp3) is 0.400. The van der Waals surface area contributed by atoms with Crippen LogP contribution in [0.4, 0.5) is 10.1 Å². The van der Waals surface area contributed by atoms with E-state index in [4.69, 9.17) is 5.26 Å². The van der Waals surface area contributed by atoms with Gasteiger partial charge in [-0.15, -0.1) is 5.10 Å². The van der Waals surface area contributed by atoms with E-state index < -0.39 is 21.5 Å². The van der Waals surface area contributed by atoms with Crippen LogP contribution in [0, 0.1) is 17.1 Å². The van der Waals surface area contributed by atoms with Gasteiger partial charge in [-0.2, -0.15) is 9.94 Å². The number of aryl methyl sites for hydroxylation is 1. The maximum absolute atomic E-state index is 14.4. The summed E-state index contributed by atoms with van der Waals surface area (Å²) < 4.78 is 42.7. The third-order valence-corrected chi connectivity index (χ3v) is 5.34. The van der Waals surface area contributed by atoms with Crippen LogP contribution in [-0.2, 0) is 23.0 Å². The zero-order valence-corrected chi connectivity index (χ0v) is 14.3. The summed E-state index contributed by atoms with van der Waals surface area (Å²) in [5.41, 5.74) is -0.934. The van der Waals surface area contributed by atoms with Gasteiger partial charge in [0.05, 0.1) is 17.0 Å². The van der Waals surface area contributed by atoms with E-state index >= 15 is 0 Å². The number of hydrogen-bond acceptors (Lipinski definition) is 5. The van der Waals surface area contributed by atoms with Crippen molar-refractivity contribution in [3.05, 3.63) is 39.8 Å². The molecule has 1 N–H and O–H groups in total. The summed E-state index contributed by atoms with van der Waals surface area (Å²) in [6.07, 6.45) is 2.36. The number of fused-ring (bicyclic) bond motifs is 1. The zero-order valence-electron chi connectivity index (χ0n) is 13.5. The van der Waals surface area contributed by atoms with Gasteiger partial charge in [-0.05, 0) is 31.9 Å². The molecule has 3 rings (SSSR count). The number of nitrogens with one attached hydrogen (secondary N) is 1. The normalized spacial score (nSPS) is 14.0. The molecular weight excluding hydrogens is 349 g/mol. The lowest BCUT2D eigenvalue weighted by atomic mass is 10.1. The monoisotopic (exact) mass is 365 g/mol. The molecule has 10 heteroatoms. The summed E-state index contributed by atoms with van der Waals surface area (Å²) >= 11 is 0. The Hall–Kier alpha value is -2.67. The first-order chi connectivity index (χ1) is 11.9. The Morgan fingerprint density at radius 1 is 1.40 bits per heavy atom. The number of hydrogen-bond donors (Lipinski definition) is 1. The predicted molar refractivity (Wildman–Crippen MR) is 88.5 cm³/mol. The summed E-state index contributed by atoms with van der Waals surface area (Å²) in [5.74, 6) is -0.465. The van der Waals surface area contributed by atoms with E-state index in [1.54, 1.807) is 6.07 Å². The second-order valence-corrected chi connectivity index (χ2v) is 7.70. The predicted octanol–water partition coefficient (Wildman–Crippen LogP) is 1.14. The highest BCUT2D eigenvalue weighted by Crippen LogP contribution is 2.24. The molecule has 0 aliphatic carbocycles. The highest BCUT2D eigenvalue weighted by molar-refractivity contribution is 7.92. The molecule has 0 spiro atoms. The van der Waals surface area contributed by atoms with Gasteiger partial charge in [0.15, 0.2) is 5.82 Å². The Bertz CT molecular complexity index is 1030. The van der Waals surface area contributed by atoms with Gasteiger partial charge in [0.2, 0.25) is 10.0 Å². The van der Waals surface area contributed by atoms with Gasteiger partial charge in [-0.1, -0.05) is 0 Å². The summed E-state index contributed by atoms with van der Waals surface area (Å²) in [5, 5.41) is 13.3. The molecule has 0 saturated heterocycles. The van der Waals surface area contributed by atoms with E-state index in [0.29, 0.717) is 18.8 Å². The van der Waals surface area contributed by atoms with Gasteiger partial charge in [-0.25, -0.2) is 17.6 Å². The third-order valence-electron chi connectivity index (χ3n) is 4.05. The van der Waals surface area contributed by atoms with Gasteiger partial charge in [-0.3, -0.25) is 9.29 Å². The lowest BCUT2D eigenvalue weighted by molar-refractivity contribution is 0.512. The molecule has 8 nitrogen and oxygen atoms in total. The Kier molecular flexibility index (Phi) is 4.34. The summed E-state index contributed by atoms with van der Waals surface area (Å²) in [4.78, 5) is 12.5. The lowest BCUT2D eigenvalue weighted by Crippen LogP contribution is -2.26. The van der Waals surface area contributed by atoms with Crippen molar-refractivity contribution in [2.75, 3.05) is 10.5 Å². The molecule has 0 atom stereocenters. The number of halogens is 1. The number of aromatic nitrogens is 3. The van der Waals surface area contributed by atoms with E-state index in [0.717, 1.165) is 29.7 Å². The molecular formula is C15H16FN5O3S. The topological polar surface area (TPSA) is 110 Å². The molecule has 25 heavy (non-hydrogen) atoms. The molecule has 1 aliphatic heterocycles. The molecule has 0 amide bonds. The standard InChI is InChI=1S/C15H16FN5O3S/c1-2-25(23,24)19-12-8-13(11(16)7-10(12)9-17)21-15(22)20-6-4-3-5-14(20)18-21/h7-8,19H,2-6H2,1H3. The van der Waals surface area contributed by atoms with Crippen LogP contribution >= 0.6 is 0 Å². The minimum absolute atomic E-state index is 0.0846. The van der Waals surface area contributed by atoms with E-state index in [9.17, 15) is 17.6 Å². The Balaban J connectivity index is 2.16. The Labute approximate surface area is 143 Å². The second kappa shape index (κ2) is 6.33. The number of nitrogens with zero attached hydrogens (tertiary/aromatic N) is 4. The van der Waals surface area contributed by atoms with Crippen LogP contribution in [0.3, 0.4) is 0 Å².